The van der Waals surface area contributed by atoms with Crippen molar-refractivity contribution < 1.29 is 4.79 Å². The Morgan fingerprint density at radius 1 is 1.35 bits per heavy atom. The first-order valence-electron chi connectivity index (χ1n) is 8.99. The molecule has 2 fully saturated rings. The molecule has 1 spiro atoms. The SMILES string of the molecule is CC[C@H]1CN2CC[C@]34C(=C(C=O)[C@H]1C[C@H]23)N(C)c1ccccc14. The van der Waals surface area contributed by atoms with Crippen LogP contribution in [0.3, 0.4) is 0 Å². The highest BCUT2D eigenvalue weighted by molar-refractivity contribution is 5.84. The Hall–Kier alpha value is -1.61. The molecule has 4 atom stereocenters. The van der Waals surface area contributed by atoms with Crippen LogP contribution in [0.2, 0.25) is 0 Å². The molecule has 0 saturated carbocycles. The van der Waals surface area contributed by atoms with Gasteiger partial charge in [0.15, 0.2) is 0 Å². The van der Waals surface area contributed by atoms with Crippen LogP contribution in [0, 0.1) is 11.8 Å². The maximum absolute atomic E-state index is 12.1. The third kappa shape index (κ3) is 1.43. The van der Waals surface area contributed by atoms with Gasteiger partial charge < -0.3 is 4.90 Å². The molecule has 2 saturated heterocycles. The number of rotatable bonds is 2. The molecule has 23 heavy (non-hydrogen) atoms. The van der Waals surface area contributed by atoms with Crippen LogP contribution in [-0.2, 0) is 10.2 Å². The van der Waals surface area contributed by atoms with E-state index < -0.39 is 0 Å². The molecule has 0 N–H and O–H groups in total. The van der Waals surface area contributed by atoms with Gasteiger partial charge in [-0.1, -0.05) is 31.5 Å². The summed E-state index contributed by atoms with van der Waals surface area (Å²) in [5.74, 6) is 1.09. The van der Waals surface area contributed by atoms with Crippen molar-refractivity contribution in [3.8, 4) is 0 Å². The summed E-state index contributed by atoms with van der Waals surface area (Å²) in [6.45, 7) is 4.62. The van der Waals surface area contributed by atoms with E-state index in [4.69, 9.17) is 0 Å². The van der Waals surface area contributed by atoms with Crippen molar-refractivity contribution in [2.45, 2.75) is 37.6 Å². The van der Waals surface area contributed by atoms with Gasteiger partial charge in [0.2, 0.25) is 0 Å². The van der Waals surface area contributed by atoms with Gasteiger partial charge >= 0.3 is 0 Å². The Labute approximate surface area is 138 Å². The fraction of sp³-hybridized carbons (Fsp3) is 0.550. The molecule has 3 aliphatic heterocycles. The molecular weight excluding hydrogens is 284 g/mol. The second-order valence-electron chi connectivity index (χ2n) is 7.74. The van der Waals surface area contributed by atoms with Crippen molar-refractivity contribution in [3.05, 3.63) is 41.1 Å². The van der Waals surface area contributed by atoms with E-state index in [0.717, 1.165) is 18.4 Å². The topological polar surface area (TPSA) is 23.6 Å². The Bertz CT molecular complexity index is 724. The summed E-state index contributed by atoms with van der Waals surface area (Å²) in [6.07, 6.45) is 4.69. The first kappa shape index (κ1) is 13.8. The molecule has 1 aromatic carbocycles. The second kappa shape index (κ2) is 4.47. The molecular formula is C20H24N2O. The summed E-state index contributed by atoms with van der Waals surface area (Å²) in [5.41, 5.74) is 5.27. The number of aldehydes is 1. The predicted octanol–water partition coefficient (Wildman–Crippen LogP) is 2.96. The Morgan fingerprint density at radius 2 is 2.17 bits per heavy atom. The maximum Gasteiger partial charge on any atom is 0.148 e. The summed E-state index contributed by atoms with van der Waals surface area (Å²) in [5, 5.41) is 0. The Morgan fingerprint density at radius 3 is 2.96 bits per heavy atom. The van der Waals surface area contributed by atoms with Gasteiger partial charge in [-0.05, 0) is 42.9 Å². The molecule has 3 nitrogen and oxygen atoms in total. The van der Waals surface area contributed by atoms with Gasteiger partial charge in [-0.15, -0.1) is 0 Å². The number of benzene rings is 1. The van der Waals surface area contributed by atoms with Crippen molar-refractivity contribution in [1.29, 1.82) is 0 Å². The van der Waals surface area contributed by atoms with Crippen LogP contribution in [0.1, 0.15) is 31.7 Å². The highest BCUT2D eigenvalue weighted by Gasteiger charge is 2.62. The number of carbonyl (C=O) groups is 1. The molecule has 5 rings (SSSR count). The van der Waals surface area contributed by atoms with Crippen LogP contribution >= 0.6 is 0 Å². The number of piperidine rings is 1. The summed E-state index contributed by atoms with van der Waals surface area (Å²) in [7, 11) is 2.16. The molecule has 0 radical (unpaired) electrons. The van der Waals surface area contributed by atoms with E-state index in [0.29, 0.717) is 17.9 Å². The number of fused-ring (bicyclic) bond motifs is 2. The number of likely N-dealkylation sites (N-methyl/N-ethyl adjacent to an activating group) is 1. The van der Waals surface area contributed by atoms with Crippen LogP contribution in [0.15, 0.2) is 35.5 Å². The first-order chi connectivity index (χ1) is 11.2. The molecule has 2 bridgehead atoms. The number of hydrogen-bond acceptors (Lipinski definition) is 3. The highest BCUT2D eigenvalue weighted by Crippen LogP contribution is 2.62. The lowest BCUT2D eigenvalue weighted by Gasteiger charge is -2.51. The number of allylic oxidation sites excluding steroid dienone is 1. The summed E-state index contributed by atoms with van der Waals surface area (Å²) >= 11 is 0. The average molecular weight is 308 g/mol. The third-order valence-corrected chi connectivity index (χ3v) is 7.15. The van der Waals surface area contributed by atoms with E-state index in [9.17, 15) is 4.79 Å². The molecule has 3 heteroatoms. The summed E-state index contributed by atoms with van der Waals surface area (Å²) < 4.78 is 0. The highest BCUT2D eigenvalue weighted by atomic mass is 16.1. The van der Waals surface area contributed by atoms with Crippen molar-refractivity contribution in [3.63, 3.8) is 0 Å². The van der Waals surface area contributed by atoms with E-state index >= 15 is 0 Å². The molecule has 0 aromatic heterocycles. The third-order valence-electron chi connectivity index (χ3n) is 7.15. The second-order valence-corrected chi connectivity index (χ2v) is 7.74. The molecule has 3 heterocycles. The van der Waals surface area contributed by atoms with Gasteiger partial charge in [0.25, 0.3) is 0 Å². The Kier molecular flexibility index (Phi) is 2.68. The van der Waals surface area contributed by atoms with Crippen molar-refractivity contribution in [1.82, 2.24) is 4.90 Å². The van der Waals surface area contributed by atoms with Crippen molar-refractivity contribution in [2.24, 2.45) is 11.8 Å². The lowest BCUT2D eigenvalue weighted by molar-refractivity contribution is -0.106. The number of carbonyl (C=O) groups excluding carboxylic acids is 1. The number of para-hydroxylation sites is 1. The number of hydrogen-bond donors (Lipinski definition) is 0. The predicted molar refractivity (Wildman–Crippen MR) is 91.5 cm³/mol. The van der Waals surface area contributed by atoms with Crippen LogP contribution in [-0.4, -0.2) is 37.4 Å². The van der Waals surface area contributed by atoms with Crippen LogP contribution in [0.25, 0.3) is 0 Å². The molecule has 0 amide bonds. The molecule has 120 valence electrons. The maximum atomic E-state index is 12.1. The molecule has 0 unspecified atom stereocenters. The first-order valence-corrected chi connectivity index (χ1v) is 8.99. The number of nitrogens with zero attached hydrogens (tertiary/aromatic N) is 2. The quantitative estimate of drug-likeness (QED) is 0.785. The van der Waals surface area contributed by atoms with E-state index in [1.54, 1.807) is 0 Å². The van der Waals surface area contributed by atoms with Crippen LogP contribution in [0.4, 0.5) is 5.69 Å². The van der Waals surface area contributed by atoms with Gasteiger partial charge in [-0.3, -0.25) is 9.69 Å². The zero-order chi connectivity index (χ0) is 15.8. The smallest absolute Gasteiger partial charge is 0.148 e. The minimum absolute atomic E-state index is 0.0663. The zero-order valence-electron chi connectivity index (χ0n) is 14.0. The van der Waals surface area contributed by atoms with E-state index in [-0.39, 0.29) is 5.41 Å². The monoisotopic (exact) mass is 308 g/mol. The fourth-order valence-corrected chi connectivity index (χ4v) is 6.23. The summed E-state index contributed by atoms with van der Waals surface area (Å²) in [6, 6.07) is 9.40. The molecule has 1 aliphatic carbocycles. The summed E-state index contributed by atoms with van der Waals surface area (Å²) in [4.78, 5) is 17.2. The van der Waals surface area contributed by atoms with Gasteiger partial charge in [0.05, 0.1) is 5.41 Å². The van der Waals surface area contributed by atoms with Crippen molar-refractivity contribution >= 4 is 12.0 Å². The largest absolute Gasteiger partial charge is 0.347 e. The lowest BCUT2D eigenvalue weighted by atomic mass is 9.60. The minimum atomic E-state index is 0.0663. The molecule has 1 aromatic rings. The normalized spacial score (nSPS) is 37.8. The van der Waals surface area contributed by atoms with E-state index in [2.05, 4.69) is 48.0 Å². The van der Waals surface area contributed by atoms with Gasteiger partial charge in [0.1, 0.15) is 6.29 Å². The van der Waals surface area contributed by atoms with Gasteiger partial charge in [-0.2, -0.15) is 0 Å². The van der Waals surface area contributed by atoms with Gasteiger partial charge in [-0.25, -0.2) is 0 Å². The zero-order valence-corrected chi connectivity index (χ0v) is 14.0. The minimum Gasteiger partial charge on any atom is -0.347 e. The average Bonchev–Trinajstić information content (AvgIpc) is 3.10. The van der Waals surface area contributed by atoms with E-state index in [1.165, 1.54) is 42.7 Å². The lowest BCUT2D eigenvalue weighted by Crippen LogP contribution is -2.55. The standard InChI is InChI=1S/C20H24N2O/c1-3-13-11-22-9-8-20-16-6-4-5-7-17(16)21(2)19(20)15(12-23)14(13)10-18(20)22/h4-7,12-14,18H,3,8-11H2,1-2H3/t13-,14-,18-,20+/m0/s1. The van der Waals surface area contributed by atoms with Crippen LogP contribution in [0.5, 0.6) is 0 Å². The van der Waals surface area contributed by atoms with Crippen LogP contribution < -0.4 is 4.90 Å². The Balaban J connectivity index is 1.83. The van der Waals surface area contributed by atoms with E-state index in [1.807, 2.05) is 0 Å². The fourth-order valence-electron chi connectivity index (χ4n) is 6.23. The van der Waals surface area contributed by atoms with Crippen molar-refractivity contribution in [2.75, 3.05) is 25.0 Å². The molecule has 4 aliphatic rings. The van der Waals surface area contributed by atoms with Gasteiger partial charge in [0, 0.05) is 36.6 Å². The number of anilines is 1.